The number of benzene rings is 7. The molecule has 0 radical (unpaired) electrons. The summed E-state index contributed by atoms with van der Waals surface area (Å²) in [6, 6.07) is 49.3. The highest BCUT2D eigenvalue weighted by atomic mass is 32.1. The summed E-state index contributed by atoms with van der Waals surface area (Å²) >= 11 is 4.72. The summed E-state index contributed by atoms with van der Waals surface area (Å²) in [5.74, 6) is -1.09. The van der Waals surface area contributed by atoms with Crippen LogP contribution in [-0.2, 0) is 9.53 Å². The van der Waals surface area contributed by atoms with E-state index in [0.29, 0.717) is 71.2 Å². The Hall–Kier alpha value is -11.3. The molecule has 8 heterocycles. The Kier molecular flexibility index (Phi) is 19.9. The van der Waals surface area contributed by atoms with Gasteiger partial charge in [0.05, 0.1) is 120 Å². The van der Waals surface area contributed by atoms with Gasteiger partial charge in [-0.2, -0.15) is 0 Å². The van der Waals surface area contributed by atoms with Crippen LogP contribution in [0, 0.1) is 44.8 Å². The maximum absolute atomic E-state index is 13.9. The minimum atomic E-state index is -0.299. The Labute approximate surface area is 574 Å². The molecule has 484 valence electrons. The molecule has 1 fully saturated rings. The van der Waals surface area contributed by atoms with Crippen molar-refractivity contribution >= 4 is 105 Å². The van der Waals surface area contributed by atoms with Crippen molar-refractivity contribution in [1.82, 2.24) is 39.8 Å². The van der Waals surface area contributed by atoms with Crippen LogP contribution in [-0.4, -0.2) is 84.5 Å². The van der Waals surface area contributed by atoms with Gasteiger partial charge in [0, 0.05) is 83.1 Å². The van der Waals surface area contributed by atoms with E-state index >= 15 is 0 Å². The van der Waals surface area contributed by atoms with Crippen LogP contribution >= 0.6 is 34.0 Å². The molecule has 0 bridgehead atoms. The van der Waals surface area contributed by atoms with E-state index in [1.165, 1.54) is 18.2 Å². The van der Waals surface area contributed by atoms with Gasteiger partial charge in [-0.3, -0.25) is 34.4 Å². The third-order valence-corrected chi connectivity index (χ3v) is 18.8. The fourth-order valence-electron chi connectivity index (χ4n) is 11.2. The summed E-state index contributed by atoms with van der Waals surface area (Å²) in [6.45, 7) is 16.1. The number of pyridine rings is 4. The maximum atomic E-state index is 13.9. The van der Waals surface area contributed by atoms with Crippen molar-refractivity contribution in [3.8, 4) is 67.2 Å². The second-order valence-electron chi connectivity index (χ2n) is 23.1. The fraction of sp³-hybridized carbons (Fsp3) is 0.117. The van der Waals surface area contributed by atoms with Gasteiger partial charge in [0.1, 0.15) is 17.5 Å². The van der Waals surface area contributed by atoms with Crippen molar-refractivity contribution in [2.75, 3.05) is 48.8 Å². The number of hydrogen-bond donors (Lipinski definition) is 3. The van der Waals surface area contributed by atoms with Crippen LogP contribution in [0.1, 0.15) is 33.5 Å². The van der Waals surface area contributed by atoms with Gasteiger partial charge in [0.15, 0.2) is 5.69 Å². The summed E-state index contributed by atoms with van der Waals surface area (Å²) in [5, 5.41) is 9.26. The number of halogens is 3. The molecule has 14 aromatic rings. The van der Waals surface area contributed by atoms with Gasteiger partial charge in [-0.1, -0.05) is 42.5 Å². The van der Waals surface area contributed by atoms with Crippen molar-refractivity contribution < 1.29 is 27.5 Å². The van der Waals surface area contributed by atoms with Crippen molar-refractivity contribution in [1.29, 1.82) is 0 Å². The minimum absolute atomic E-state index is 0.0532. The molecule has 0 aliphatic carbocycles. The molecule has 15 rings (SSSR count). The minimum Gasteiger partial charge on any atom is -0.379 e. The number of nitrogens with zero attached hydrogens (tertiary/aromatic N) is 9. The van der Waals surface area contributed by atoms with E-state index in [0.717, 1.165) is 117 Å². The lowest BCUT2D eigenvalue weighted by molar-refractivity contribution is -0.116. The van der Waals surface area contributed by atoms with Crippen molar-refractivity contribution in [3.63, 3.8) is 0 Å². The molecule has 1 aliphatic rings. The number of nitrogens with one attached hydrogen (secondary N) is 3. The molecule has 3 N–H and O–H groups in total. The smallest absolute Gasteiger partial charge is 0.255 e. The molecule has 98 heavy (non-hydrogen) atoms. The van der Waals surface area contributed by atoms with Gasteiger partial charge in [0.2, 0.25) is 5.91 Å². The van der Waals surface area contributed by atoms with Crippen LogP contribution in [0.25, 0.3) is 103 Å². The molecule has 7 aromatic carbocycles. The number of thiazole rings is 3. The topological polar surface area (TPSA) is 177 Å². The third kappa shape index (κ3) is 15.4. The summed E-state index contributed by atoms with van der Waals surface area (Å²) in [4.78, 5) is 62.2. The quantitative estimate of drug-likeness (QED) is 0.0880. The fourth-order valence-corrected chi connectivity index (χ4v) is 13.3. The first-order valence-electron chi connectivity index (χ1n) is 31.1. The normalized spacial score (nSPS) is 12.1. The molecule has 0 spiro atoms. The Morgan fingerprint density at radius 1 is 0.490 bits per heavy atom. The van der Waals surface area contributed by atoms with E-state index in [-0.39, 0.29) is 29.3 Å². The monoisotopic (exact) mass is 1350 g/mol. The Morgan fingerprint density at radius 2 is 0.908 bits per heavy atom. The van der Waals surface area contributed by atoms with E-state index in [4.69, 9.17) is 21.3 Å². The van der Waals surface area contributed by atoms with Gasteiger partial charge < -0.3 is 20.7 Å². The standard InChI is InChI=1S/C27H17FN4OS.C26H25FN4O2S.C24H17FN4S/c1-16-11-19(5-9-23(16)28)26-22(18-6-10-24-25(12-18)34-15-31-24)13-21(14-30-26)32-27(33)17-3-7-20(29-2)8-4-17;1-17-12-19(2-4-22(17)27)26-21(18-3-5-23-24(13-18)34-16-29-23)14-20(15-28-26)30-25(32)6-7-31-8-10-33-11-9-31;1-15-10-17(2-4-21(15)25)24-20(16-3-5-22-23(11-16)30-14-28-22)12-19(13-27-24)29-18-6-8-26-9-7-18/h3-15H,1H3,(H,32,33);2-5,12-16H,6-11H2,1H3,(H,30,32);2-14H,1H3,(H,26,29). The molecule has 15 nitrogen and oxygen atoms in total. The second-order valence-corrected chi connectivity index (χ2v) is 25.7. The Morgan fingerprint density at radius 3 is 1.35 bits per heavy atom. The zero-order chi connectivity index (χ0) is 67.7. The van der Waals surface area contributed by atoms with Gasteiger partial charge in [0.25, 0.3) is 5.91 Å². The molecular weight excluding hydrogens is 1290 g/mol. The summed E-state index contributed by atoms with van der Waals surface area (Å²) in [5.41, 5.74) is 24.1. The number of rotatable bonds is 14. The molecule has 21 heteroatoms. The Bertz CT molecular complexity index is 5310. The number of amides is 2. The molecule has 1 saturated heterocycles. The first-order valence-corrected chi connectivity index (χ1v) is 33.8. The van der Waals surface area contributed by atoms with Gasteiger partial charge >= 0.3 is 0 Å². The molecule has 0 saturated carbocycles. The lowest BCUT2D eigenvalue weighted by atomic mass is 9.97. The number of aromatic nitrogens is 7. The molecular formula is C77H59F3N12O3S3. The first-order chi connectivity index (χ1) is 47.7. The van der Waals surface area contributed by atoms with E-state index in [1.54, 1.807) is 146 Å². The Balaban J connectivity index is 0.000000133. The van der Waals surface area contributed by atoms with E-state index in [9.17, 15) is 22.8 Å². The highest BCUT2D eigenvalue weighted by molar-refractivity contribution is 7.17. The SMILES string of the molecule is Cc1cc(-c2ncc(NC(=O)CCN3CCOCC3)cc2-c2ccc3ncsc3c2)ccc1F.Cc1cc(-c2ncc(Nc3ccncc3)cc2-c2ccc3ncsc3c2)ccc1F.[C-]#[N+]c1ccc(C(=O)Nc2cnc(-c3ccc(F)c(C)c3)c(-c3ccc4ncsc4c3)c2)cc1. The largest absolute Gasteiger partial charge is 0.379 e. The van der Waals surface area contributed by atoms with Gasteiger partial charge in [-0.25, -0.2) is 33.0 Å². The summed E-state index contributed by atoms with van der Waals surface area (Å²) in [7, 11) is 0. The lowest BCUT2D eigenvalue weighted by Gasteiger charge is -2.26. The average molecular weight is 1350 g/mol. The number of carbonyl (C=O) groups is 2. The third-order valence-electron chi connectivity index (χ3n) is 16.4. The molecule has 7 aromatic heterocycles. The highest BCUT2D eigenvalue weighted by Crippen LogP contribution is 2.40. The zero-order valence-electron chi connectivity index (χ0n) is 53.1. The lowest BCUT2D eigenvalue weighted by Crippen LogP contribution is -2.38. The zero-order valence-corrected chi connectivity index (χ0v) is 55.5. The molecule has 0 unspecified atom stereocenters. The predicted molar refractivity (Wildman–Crippen MR) is 388 cm³/mol. The van der Waals surface area contributed by atoms with Crippen molar-refractivity contribution in [2.45, 2.75) is 27.2 Å². The van der Waals surface area contributed by atoms with Crippen molar-refractivity contribution in [3.05, 3.63) is 262 Å². The van der Waals surface area contributed by atoms with Crippen molar-refractivity contribution in [2.24, 2.45) is 0 Å². The number of carbonyl (C=O) groups excluding carboxylic acids is 2. The van der Waals surface area contributed by atoms with E-state index < -0.39 is 0 Å². The number of ether oxygens (including phenoxy) is 1. The second kappa shape index (κ2) is 29.8. The molecule has 2 amide bonds. The van der Waals surface area contributed by atoms with Crippen LogP contribution in [0.4, 0.5) is 41.6 Å². The maximum Gasteiger partial charge on any atom is 0.255 e. The van der Waals surface area contributed by atoms with Crippen LogP contribution < -0.4 is 16.0 Å². The number of hydrogen-bond acceptors (Lipinski definition) is 15. The number of anilines is 4. The van der Waals surface area contributed by atoms with Crippen LogP contribution in [0.15, 0.2) is 211 Å². The number of fused-ring (bicyclic) bond motifs is 3. The predicted octanol–water partition coefficient (Wildman–Crippen LogP) is 19.0. The number of aryl methyl sites for hydroxylation is 3. The molecule has 0 atom stereocenters. The van der Waals surface area contributed by atoms with Crippen LogP contribution in [0.2, 0.25) is 0 Å². The summed E-state index contributed by atoms with van der Waals surface area (Å²) in [6.07, 6.45) is 8.93. The first kappa shape index (κ1) is 65.4. The molecule has 1 aliphatic heterocycles. The summed E-state index contributed by atoms with van der Waals surface area (Å²) < 4.78 is 50.2. The number of morpholine rings is 1. The van der Waals surface area contributed by atoms with E-state index in [2.05, 4.69) is 74.9 Å². The average Bonchev–Trinajstić information content (AvgIpc) is 1.14. The van der Waals surface area contributed by atoms with Crippen LogP contribution in [0.5, 0.6) is 0 Å². The van der Waals surface area contributed by atoms with Gasteiger partial charge in [-0.05, 0) is 175 Å². The van der Waals surface area contributed by atoms with E-state index in [1.807, 2.05) is 77.8 Å². The van der Waals surface area contributed by atoms with Crippen LogP contribution in [0.3, 0.4) is 0 Å². The van der Waals surface area contributed by atoms with Gasteiger partial charge in [-0.15, -0.1) is 34.0 Å². The highest BCUT2D eigenvalue weighted by Gasteiger charge is 2.20.